The van der Waals surface area contributed by atoms with Gasteiger partial charge in [-0.2, -0.15) is 0 Å². The Labute approximate surface area is 110 Å². The molecule has 1 unspecified atom stereocenters. The third kappa shape index (κ3) is 3.20. The van der Waals surface area contributed by atoms with Crippen LogP contribution in [0.5, 0.6) is 0 Å². The maximum absolute atomic E-state index is 11.1. The predicted octanol–water partition coefficient (Wildman–Crippen LogP) is 3.19. The van der Waals surface area contributed by atoms with Gasteiger partial charge in [0.25, 0.3) is 0 Å². The van der Waals surface area contributed by atoms with E-state index in [1.165, 1.54) is 17.5 Å². The molecule has 1 aliphatic heterocycles. The molecule has 0 N–H and O–H groups in total. The largest absolute Gasteiger partial charge is 0.299 e. The molecule has 2 rings (SSSR count). The Morgan fingerprint density at radius 1 is 1.44 bits per heavy atom. The lowest BCUT2D eigenvalue weighted by Crippen LogP contribution is -2.26. The van der Waals surface area contributed by atoms with Gasteiger partial charge in [0.1, 0.15) is 5.78 Å². The van der Waals surface area contributed by atoms with Crippen LogP contribution in [-0.4, -0.2) is 30.3 Å². The van der Waals surface area contributed by atoms with E-state index in [0.29, 0.717) is 18.4 Å². The fraction of sp³-hybridized carbons (Fsp3) is 0.562. The van der Waals surface area contributed by atoms with E-state index in [1.807, 2.05) is 0 Å². The highest BCUT2D eigenvalue weighted by molar-refractivity contribution is 5.77. The van der Waals surface area contributed by atoms with Crippen molar-refractivity contribution in [3.8, 4) is 0 Å². The molecule has 1 aromatic rings. The van der Waals surface area contributed by atoms with E-state index in [4.69, 9.17) is 0 Å². The zero-order valence-corrected chi connectivity index (χ0v) is 11.6. The van der Waals surface area contributed by atoms with Gasteiger partial charge in [-0.15, -0.1) is 0 Å². The summed E-state index contributed by atoms with van der Waals surface area (Å²) in [5.41, 5.74) is 2.85. The third-order valence-corrected chi connectivity index (χ3v) is 3.77. The first kappa shape index (κ1) is 13.3. The number of carbonyl (C=O) groups excluding carboxylic acids is 1. The zero-order valence-electron chi connectivity index (χ0n) is 11.6. The summed E-state index contributed by atoms with van der Waals surface area (Å²) in [5.74, 6) is 1.45. The fourth-order valence-corrected chi connectivity index (χ4v) is 2.74. The molecule has 0 amide bonds. The van der Waals surface area contributed by atoms with Gasteiger partial charge in [-0.05, 0) is 42.9 Å². The second-order valence-electron chi connectivity index (χ2n) is 5.75. The Morgan fingerprint density at radius 2 is 2.22 bits per heavy atom. The molecule has 1 fully saturated rings. The molecule has 0 saturated carbocycles. The summed E-state index contributed by atoms with van der Waals surface area (Å²) in [6.07, 6.45) is 1.18. The summed E-state index contributed by atoms with van der Waals surface area (Å²) in [4.78, 5) is 13.4. The molecule has 1 heterocycles. The number of ketones is 1. The predicted molar refractivity (Wildman–Crippen MR) is 75.0 cm³/mol. The van der Waals surface area contributed by atoms with Crippen LogP contribution in [-0.2, 0) is 4.79 Å². The lowest BCUT2D eigenvalue weighted by Gasteiger charge is -2.15. The van der Waals surface area contributed by atoms with E-state index >= 15 is 0 Å². The SMILES string of the molecule is CC(=O)CN1CCC(c2cccc(C(C)C)c2)C1. The molecular weight excluding hydrogens is 222 g/mol. The summed E-state index contributed by atoms with van der Waals surface area (Å²) in [6, 6.07) is 8.94. The molecule has 1 saturated heterocycles. The second kappa shape index (κ2) is 5.66. The van der Waals surface area contributed by atoms with E-state index in [9.17, 15) is 4.79 Å². The first-order chi connectivity index (χ1) is 8.56. The minimum Gasteiger partial charge on any atom is -0.299 e. The van der Waals surface area contributed by atoms with Crippen molar-refractivity contribution in [2.45, 2.75) is 39.0 Å². The van der Waals surface area contributed by atoms with Gasteiger partial charge in [-0.1, -0.05) is 38.1 Å². The number of rotatable bonds is 4. The Morgan fingerprint density at radius 3 is 2.89 bits per heavy atom. The van der Waals surface area contributed by atoms with Crippen molar-refractivity contribution in [2.75, 3.05) is 19.6 Å². The van der Waals surface area contributed by atoms with E-state index in [-0.39, 0.29) is 5.78 Å². The maximum atomic E-state index is 11.1. The second-order valence-corrected chi connectivity index (χ2v) is 5.75. The van der Waals surface area contributed by atoms with E-state index < -0.39 is 0 Å². The molecule has 0 radical (unpaired) electrons. The highest BCUT2D eigenvalue weighted by atomic mass is 16.1. The first-order valence-electron chi connectivity index (χ1n) is 6.88. The monoisotopic (exact) mass is 245 g/mol. The summed E-state index contributed by atoms with van der Waals surface area (Å²) in [5, 5.41) is 0. The number of hydrogen-bond donors (Lipinski definition) is 0. The van der Waals surface area contributed by atoms with E-state index in [1.54, 1.807) is 6.92 Å². The number of carbonyl (C=O) groups is 1. The number of nitrogens with zero attached hydrogens (tertiary/aromatic N) is 1. The number of benzene rings is 1. The van der Waals surface area contributed by atoms with E-state index in [0.717, 1.165) is 13.1 Å². The molecule has 2 nitrogen and oxygen atoms in total. The molecule has 2 heteroatoms. The van der Waals surface area contributed by atoms with Crippen LogP contribution in [0.1, 0.15) is 50.2 Å². The standard InChI is InChI=1S/C16H23NO/c1-12(2)14-5-4-6-15(9-14)16-7-8-17(11-16)10-13(3)18/h4-6,9,12,16H,7-8,10-11H2,1-3H3. The van der Waals surface area contributed by atoms with Crippen molar-refractivity contribution in [2.24, 2.45) is 0 Å². The Balaban J connectivity index is 2.05. The topological polar surface area (TPSA) is 20.3 Å². The average molecular weight is 245 g/mol. The minimum atomic E-state index is 0.270. The number of likely N-dealkylation sites (tertiary alicyclic amines) is 1. The first-order valence-corrected chi connectivity index (χ1v) is 6.88. The summed E-state index contributed by atoms with van der Waals surface area (Å²) >= 11 is 0. The molecule has 0 aromatic heterocycles. The highest BCUT2D eigenvalue weighted by Gasteiger charge is 2.24. The van der Waals surface area contributed by atoms with Crippen LogP contribution in [0.4, 0.5) is 0 Å². The van der Waals surface area contributed by atoms with Gasteiger partial charge < -0.3 is 0 Å². The van der Waals surface area contributed by atoms with Crippen LogP contribution < -0.4 is 0 Å². The molecular formula is C16H23NO. The molecule has 0 bridgehead atoms. The molecule has 1 aromatic carbocycles. The average Bonchev–Trinajstić information content (AvgIpc) is 2.77. The van der Waals surface area contributed by atoms with Crippen LogP contribution in [0.15, 0.2) is 24.3 Å². The molecule has 18 heavy (non-hydrogen) atoms. The van der Waals surface area contributed by atoms with Crippen LogP contribution >= 0.6 is 0 Å². The van der Waals surface area contributed by atoms with Gasteiger partial charge in [0, 0.05) is 6.54 Å². The lowest BCUT2D eigenvalue weighted by atomic mass is 9.93. The Bertz CT molecular complexity index is 425. The van der Waals surface area contributed by atoms with E-state index in [2.05, 4.69) is 43.0 Å². The summed E-state index contributed by atoms with van der Waals surface area (Å²) < 4.78 is 0. The normalized spacial score (nSPS) is 20.6. The van der Waals surface area contributed by atoms with Crippen molar-refractivity contribution >= 4 is 5.78 Å². The molecule has 98 valence electrons. The summed E-state index contributed by atoms with van der Waals surface area (Å²) in [6.45, 7) is 8.83. The van der Waals surface area contributed by atoms with Gasteiger partial charge in [-0.25, -0.2) is 0 Å². The van der Waals surface area contributed by atoms with Gasteiger partial charge in [0.15, 0.2) is 0 Å². The van der Waals surface area contributed by atoms with Crippen LogP contribution in [0, 0.1) is 0 Å². The number of Topliss-reactive ketones (excluding diaryl/α,β-unsaturated/α-hetero) is 1. The van der Waals surface area contributed by atoms with Crippen LogP contribution in [0.2, 0.25) is 0 Å². The smallest absolute Gasteiger partial charge is 0.143 e. The lowest BCUT2D eigenvalue weighted by molar-refractivity contribution is -0.117. The fourth-order valence-electron chi connectivity index (χ4n) is 2.74. The quantitative estimate of drug-likeness (QED) is 0.812. The van der Waals surface area contributed by atoms with Crippen molar-refractivity contribution in [3.63, 3.8) is 0 Å². The van der Waals surface area contributed by atoms with Gasteiger partial charge in [-0.3, -0.25) is 9.69 Å². The van der Waals surface area contributed by atoms with Crippen LogP contribution in [0.25, 0.3) is 0 Å². The van der Waals surface area contributed by atoms with Crippen LogP contribution in [0.3, 0.4) is 0 Å². The highest BCUT2D eigenvalue weighted by Crippen LogP contribution is 2.28. The van der Waals surface area contributed by atoms with Gasteiger partial charge in [0.2, 0.25) is 0 Å². The third-order valence-electron chi connectivity index (χ3n) is 3.77. The zero-order chi connectivity index (χ0) is 13.1. The number of hydrogen-bond acceptors (Lipinski definition) is 2. The van der Waals surface area contributed by atoms with Gasteiger partial charge in [0.05, 0.1) is 6.54 Å². The molecule has 1 atom stereocenters. The Hall–Kier alpha value is -1.15. The van der Waals surface area contributed by atoms with Crippen molar-refractivity contribution in [1.82, 2.24) is 4.90 Å². The maximum Gasteiger partial charge on any atom is 0.143 e. The molecule has 0 aliphatic carbocycles. The van der Waals surface area contributed by atoms with Crippen molar-refractivity contribution in [3.05, 3.63) is 35.4 Å². The molecule has 0 spiro atoms. The summed E-state index contributed by atoms with van der Waals surface area (Å²) in [7, 11) is 0. The Kier molecular flexibility index (Phi) is 4.18. The minimum absolute atomic E-state index is 0.270. The van der Waals surface area contributed by atoms with Crippen molar-refractivity contribution in [1.29, 1.82) is 0 Å². The molecule has 1 aliphatic rings. The van der Waals surface area contributed by atoms with Crippen molar-refractivity contribution < 1.29 is 4.79 Å². The van der Waals surface area contributed by atoms with Gasteiger partial charge >= 0.3 is 0 Å².